The third-order valence-corrected chi connectivity index (χ3v) is 7.03. The third kappa shape index (κ3) is 3.43. The smallest absolute Gasteiger partial charge is 0.171 e. The molecule has 0 saturated carbocycles. The van der Waals surface area contributed by atoms with Gasteiger partial charge in [0, 0.05) is 41.5 Å². The third-order valence-electron chi connectivity index (χ3n) is 3.74. The zero-order chi connectivity index (χ0) is 15.5. The van der Waals surface area contributed by atoms with Gasteiger partial charge in [-0.2, -0.15) is 11.8 Å². The topological polar surface area (TPSA) is 54.5 Å². The van der Waals surface area contributed by atoms with E-state index in [-0.39, 0.29) is 11.5 Å². The lowest BCUT2D eigenvalue weighted by Gasteiger charge is -2.37. The molecule has 2 rings (SSSR count). The molecule has 0 N–H and O–H groups in total. The van der Waals surface area contributed by atoms with Crippen LogP contribution >= 0.6 is 11.8 Å². The maximum atomic E-state index is 12.3. The standard InChI is InChI=1S/C15H21NO3S2/c1-3-14(17)12-7-5-6-8-13(12)16-9-10-20-11-15(16)21(18,19)4-2/h5-8,15H,3-4,9-11H2,1-2H3. The first kappa shape index (κ1) is 16.4. The molecule has 0 aliphatic carbocycles. The summed E-state index contributed by atoms with van der Waals surface area (Å²) in [6.07, 6.45) is 0.421. The second-order valence-corrected chi connectivity index (χ2v) is 8.57. The molecule has 4 nitrogen and oxygen atoms in total. The minimum atomic E-state index is -3.17. The largest absolute Gasteiger partial charge is 0.353 e. The molecule has 116 valence electrons. The summed E-state index contributed by atoms with van der Waals surface area (Å²) in [4.78, 5) is 14.0. The normalized spacial score (nSPS) is 19.5. The Morgan fingerprint density at radius 1 is 1.33 bits per heavy atom. The summed E-state index contributed by atoms with van der Waals surface area (Å²) in [5.74, 6) is 1.62. The summed E-state index contributed by atoms with van der Waals surface area (Å²) < 4.78 is 24.7. The van der Waals surface area contributed by atoms with Crippen molar-refractivity contribution in [3.8, 4) is 0 Å². The van der Waals surface area contributed by atoms with Crippen molar-refractivity contribution in [1.82, 2.24) is 0 Å². The molecule has 0 aromatic heterocycles. The van der Waals surface area contributed by atoms with Gasteiger partial charge in [0.2, 0.25) is 0 Å². The Balaban J connectivity index is 2.46. The highest BCUT2D eigenvalue weighted by Crippen LogP contribution is 2.30. The molecule has 0 spiro atoms. The minimum Gasteiger partial charge on any atom is -0.353 e. The van der Waals surface area contributed by atoms with Crippen LogP contribution in [-0.4, -0.2) is 43.4 Å². The predicted molar refractivity (Wildman–Crippen MR) is 89.0 cm³/mol. The van der Waals surface area contributed by atoms with Crippen molar-refractivity contribution in [2.45, 2.75) is 25.6 Å². The summed E-state index contributed by atoms with van der Waals surface area (Å²) in [5.41, 5.74) is 1.38. The maximum absolute atomic E-state index is 12.3. The molecule has 1 unspecified atom stereocenters. The molecule has 0 radical (unpaired) electrons. The van der Waals surface area contributed by atoms with Crippen molar-refractivity contribution in [1.29, 1.82) is 0 Å². The van der Waals surface area contributed by atoms with Gasteiger partial charge in [-0.3, -0.25) is 4.79 Å². The Morgan fingerprint density at radius 2 is 2.05 bits per heavy atom. The first-order valence-electron chi connectivity index (χ1n) is 7.19. The van der Waals surface area contributed by atoms with Gasteiger partial charge in [-0.1, -0.05) is 26.0 Å². The predicted octanol–water partition coefficient (Wildman–Crippen LogP) is 2.59. The summed E-state index contributed by atoms with van der Waals surface area (Å²) in [6, 6.07) is 7.34. The van der Waals surface area contributed by atoms with Gasteiger partial charge in [-0.15, -0.1) is 0 Å². The van der Waals surface area contributed by atoms with Gasteiger partial charge >= 0.3 is 0 Å². The number of ketones is 1. The number of rotatable bonds is 5. The Labute approximate surface area is 130 Å². The Kier molecular flexibility index (Phi) is 5.32. The van der Waals surface area contributed by atoms with E-state index >= 15 is 0 Å². The second kappa shape index (κ2) is 6.83. The van der Waals surface area contributed by atoms with Crippen molar-refractivity contribution < 1.29 is 13.2 Å². The molecule has 0 amide bonds. The number of anilines is 1. The molecule has 1 fully saturated rings. The van der Waals surface area contributed by atoms with Crippen LogP contribution in [0.5, 0.6) is 0 Å². The summed E-state index contributed by atoms with van der Waals surface area (Å²) in [6.45, 7) is 4.16. The Bertz CT molecular complexity index is 613. The van der Waals surface area contributed by atoms with E-state index < -0.39 is 15.2 Å². The van der Waals surface area contributed by atoms with Crippen LogP contribution in [0.3, 0.4) is 0 Å². The SMILES string of the molecule is CCC(=O)c1ccccc1N1CCSCC1S(=O)(=O)CC. The van der Waals surface area contributed by atoms with Crippen LogP contribution < -0.4 is 4.90 Å². The molecule has 1 aliphatic heterocycles. The number of carbonyl (C=O) groups is 1. The van der Waals surface area contributed by atoms with Gasteiger partial charge in [-0.05, 0) is 12.1 Å². The van der Waals surface area contributed by atoms with Crippen molar-refractivity contribution >= 4 is 33.1 Å². The van der Waals surface area contributed by atoms with E-state index in [4.69, 9.17) is 0 Å². The van der Waals surface area contributed by atoms with Gasteiger partial charge in [-0.25, -0.2) is 8.42 Å². The minimum absolute atomic E-state index is 0.0523. The number of sulfone groups is 1. The maximum Gasteiger partial charge on any atom is 0.171 e. The van der Waals surface area contributed by atoms with Crippen LogP contribution in [0.25, 0.3) is 0 Å². The lowest BCUT2D eigenvalue weighted by Crippen LogP contribution is -2.48. The fraction of sp³-hybridized carbons (Fsp3) is 0.533. The van der Waals surface area contributed by atoms with E-state index in [1.54, 1.807) is 24.8 Å². The molecule has 1 heterocycles. The summed E-state index contributed by atoms with van der Waals surface area (Å²) in [5, 5.41) is -0.535. The van der Waals surface area contributed by atoms with Crippen LogP contribution in [0.4, 0.5) is 5.69 Å². The van der Waals surface area contributed by atoms with Crippen LogP contribution in [0.15, 0.2) is 24.3 Å². The lowest BCUT2D eigenvalue weighted by atomic mass is 10.1. The number of Topliss-reactive ketones (excluding diaryl/α,β-unsaturated/α-hetero) is 1. The number of thioether (sulfide) groups is 1. The fourth-order valence-electron chi connectivity index (χ4n) is 2.50. The number of benzene rings is 1. The Morgan fingerprint density at radius 3 is 2.71 bits per heavy atom. The van der Waals surface area contributed by atoms with Gasteiger partial charge in [0.1, 0.15) is 5.37 Å². The van der Waals surface area contributed by atoms with Gasteiger partial charge in [0.25, 0.3) is 0 Å². The van der Waals surface area contributed by atoms with Crippen LogP contribution in [0, 0.1) is 0 Å². The molecular weight excluding hydrogens is 306 g/mol. The van der Waals surface area contributed by atoms with E-state index in [0.717, 1.165) is 11.4 Å². The van der Waals surface area contributed by atoms with Crippen LogP contribution in [0.1, 0.15) is 30.6 Å². The second-order valence-electron chi connectivity index (χ2n) is 4.97. The van der Waals surface area contributed by atoms with Crippen molar-refractivity contribution in [3.63, 3.8) is 0 Å². The van der Waals surface area contributed by atoms with E-state index in [1.165, 1.54) is 0 Å². The Hall–Kier alpha value is -1.01. The quantitative estimate of drug-likeness (QED) is 0.778. The molecule has 1 atom stereocenters. The van der Waals surface area contributed by atoms with Crippen molar-refractivity contribution in [2.75, 3.05) is 28.7 Å². The lowest BCUT2D eigenvalue weighted by molar-refractivity contribution is 0.0988. The number of hydrogen-bond donors (Lipinski definition) is 0. The average Bonchev–Trinajstić information content (AvgIpc) is 2.54. The molecular formula is C15H21NO3S2. The molecule has 1 aromatic carbocycles. The number of hydrogen-bond acceptors (Lipinski definition) is 5. The summed E-state index contributed by atoms with van der Waals surface area (Å²) in [7, 11) is -3.17. The first-order valence-corrected chi connectivity index (χ1v) is 10.1. The van der Waals surface area contributed by atoms with Gasteiger partial charge in [0.15, 0.2) is 15.6 Å². The van der Waals surface area contributed by atoms with E-state index in [0.29, 0.717) is 24.3 Å². The molecule has 0 bridgehead atoms. The van der Waals surface area contributed by atoms with Crippen LogP contribution in [-0.2, 0) is 9.84 Å². The summed E-state index contributed by atoms with van der Waals surface area (Å²) >= 11 is 1.66. The zero-order valence-electron chi connectivity index (χ0n) is 12.4. The molecule has 1 saturated heterocycles. The number of para-hydroxylation sites is 1. The molecule has 6 heteroatoms. The monoisotopic (exact) mass is 327 g/mol. The zero-order valence-corrected chi connectivity index (χ0v) is 14.0. The molecule has 21 heavy (non-hydrogen) atoms. The number of carbonyl (C=O) groups excluding carboxylic acids is 1. The average molecular weight is 327 g/mol. The number of nitrogens with zero attached hydrogens (tertiary/aromatic N) is 1. The van der Waals surface area contributed by atoms with E-state index in [2.05, 4.69) is 0 Å². The van der Waals surface area contributed by atoms with Crippen LogP contribution in [0.2, 0.25) is 0 Å². The van der Waals surface area contributed by atoms with E-state index in [1.807, 2.05) is 30.0 Å². The van der Waals surface area contributed by atoms with Gasteiger partial charge < -0.3 is 4.90 Å². The van der Waals surface area contributed by atoms with E-state index in [9.17, 15) is 13.2 Å². The van der Waals surface area contributed by atoms with Crippen molar-refractivity contribution in [3.05, 3.63) is 29.8 Å². The van der Waals surface area contributed by atoms with Gasteiger partial charge in [0.05, 0.1) is 0 Å². The highest BCUT2D eigenvalue weighted by atomic mass is 32.2. The highest BCUT2D eigenvalue weighted by Gasteiger charge is 2.34. The van der Waals surface area contributed by atoms with Crippen molar-refractivity contribution in [2.24, 2.45) is 0 Å². The molecule has 1 aromatic rings. The fourth-order valence-corrected chi connectivity index (χ4v) is 5.48. The highest BCUT2D eigenvalue weighted by molar-refractivity contribution is 8.01. The molecule has 1 aliphatic rings. The first-order chi connectivity index (χ1) is 10.0.